The van der Waals surface area contributed by atoms with Gasteiger partial charge in [-0.2, -0.15) is 0 Å². The van der Waals surface area contributed by atoms with E-state index in [0.717, 1.165) is 25.0 Å². The van der Waals surface area contributed by atoms with Gasteiger partial charge in [0.15, 0.2) is 0 Å². The summed E-state index contributed by atoms with van der Waals surface area (Å²) in [6, 6.07) is 2.45. The van der Waals surface area contributed by atoms with Crippen LogP contribution in [0, 0.1) is 11.6 Å². The maximum absolute atomic E-state index is 13.5. The monoisotopic (exact) mass is 298 g/mol. The number of nitrogens with one attached hydrogen (secondary N) is 2. The number of carbonyl (C=O) groups excluding carboxylic acids is 1. The van der Waals surface area contributed by atoms with Gasteiger partial charge in [-0.05, 0) is 25.0 Å². The lowest BCUT2D eigenvalue weighted by Gasteiger charge is -2.28. The molecule has 1 aliphatic carbocycles. The van der Waals surface area contributed by atoms with Crippen LogP contribution in [0.4, 0.5) is 19.3 Å². The van der Waals surface area contributed by atoms with Crippen LogP contribution in [0.25, 0.3) is 0 Å². The van der Waals surface area contributed by atoms with E-state index in [1.807, 2.05) is 0 Å². The predicted octanol–water partition coefficient (Wildman–Crippen LogP) is 2.87. The lowest BCUT2D eigenvalue weighted by molar-refractivity contribution is -0.138. The van der Waals surface area contributed by atoms with Gasteiger partial charge in [-0.1, -0.05) is 18.9 Å². The maximum atomic E-state index is 13.5. The van der Waals surface area contributed by atoms with E-state index < -0.39 is 34.9 Å². The second-order valence-electron chi connectivity index (χ2n) is 5.23. The van der Waals surface area contributed by atoms with Gasteiger partial charge >= 0.3 is 12.0 Å². The Labute approximate surface area is 120 Å². The molecule has 2 amide bonds. The fourth-order valence-electron chi connectivity index (χ4n) is 2.69. The van der Waals surface area contributed by atoms with E-state index in [1.54, 1.807) is 0 Å². The molecule has 1 aliphatic rings. The molecule has 114 valence electrons. The minimum Gasteiger partial charge on any atom is -0.481 e. The number of aliphatic carboxylic acids is 1. The molecule has 1 aromatic carbocycles. The third kappa shape index (κ3) is 3.68. The van der Waals surface area contributed by atoms with Crippen molar-refractivity contribution in [2.24, 2.45) is 0 Å². The molecule has 0 saturated heterocycles. The first-order chi connectivity index (χ1) is 9.92. The minimum atomic E-state index is -1.02. The SMILES string of the molecule is O=C(O)CC1(NC(=O)Nc2c(F)cccc2F)CCCC1. The van der Waals surface area contributed by atoms with Gasteiger partial charge < -0.3 is 15.7 Å². The third-order valence-corrected chi connectivity index (χ3v) is 3.63. The lowest BCUT2D eigenvalue weighted by Crippen LogP contribution is -2.49. The summed E-state index contributed by atoms with van der Waals surface area (Å²) < 4.78 is 26.9. The molecule has 0 unspecified atom stereocenters. The van der Waals surface area contributed by atoms with Gasteiger partial charge in [0.05, 0.1) is 12.0 Å². The molecule has 5 nitrogen and oxygen atoms in total. The summed E-state index contributed by atoms with van der Waals surface area (Å²) in [5, 5.41) is 13.6. The largest absolute Gasteiger partial charge is 0.481 e. The second-order valence-corrected chi connectivity index (χ2v) is 5.23. The molecule has 1 saturated carbocycles. The number of carboxylic acid groups (broad SMARTS) is 1. The van der Waals surface area contributed by atoms with Gasteiger partial charge in [-0.15, -0.1) is 0 Å². The molecule has 0 bridgehead atoms. The molecule has 0 radical (unpaired) electrons. The molecule has 3 N–H and O–H groups in total. The van der Waals surface area contributed by atoms with Crippen molar-refractivity contribution >= 4 is 17.7 Å². The Hall–Kier alpha value is -2.18. The van der Waals surface area contributed by atoms with Crippen molar-refractivity contribution in [1.29, 1.82) is 0 Å². The first kappa shape index (κ1) is 15.2. The van der Waals surface area contributed by atoms with E-state index in [-0.39, 0.29) is 6.42 Å². The summed E-state index contributed by atoms with van der Waals surface area (Å²) >= 11 is 0. The lowest BCUT2D eigenvalue weighted by atomic mass is 9.93. The van der Waals surface area contributed by atoms with E-state index in [1.165, 1.54) is 6.07 Å². The molecule has 0 atom stereocenters. The normalized spacial score (nSPS) is 16.5. The number of hydrogen-bond acceptors (Lipinski definition) is 2. The van der Waals surface area contributed by atoms with E-state index >= 15 is 0 Å². The molecule has 0 spiro atoms. The van der Waals surface area contributed by atoms with Crippen LogP contribution < -0.4 is 10.6 Å². The summed E-state index contributed by atoms with van der Waals surface area (Å²) in [5.74, 6) is -2.79. The van der Waals surface area contributed by atoms with Crippen LogP contribution in [0.15, 0.2) is 18.2 Å². The second kappa shape index (κ2) is 6.07. The van der Waals surface area contributed by atoms with Crippen molar-refractivity contribution in [2.45, 2.75) is 37.6 Å². The average Bonchev–Trinajstić information content (AvgIpc) is 2.81. The first-order valence-electron chi connectivity index (χ1n) is 6.67. The van der Waals surface area contributed by atoms with Gasteiger partial charge in [0, 0.05) is 0 Å². The number of carboxylic acids is 1. The van der Waals surface area contributed by atoms with Crippen molar-refractivity contribution in [3.8, 4) is 0 Å². The minimum absolute atomic E-state index is 0.208. The summed E-state index contributed by atoms with van der Waals surface area (Å²) in [6.45, 7) is 0. The van der Waals surface area contributed by atoms with Crippen LogP contribution in [-0.2, 0) is 4.79 Å². The van der Waals surface area contributed by atoms with Crippen molar-refractivity contribution in [1.82, 2.24) is 5.32 Å². The van der Waals surface area contributed by atoms with Crippen molar-refractivity contribution < 1.29 is 23.5 Å². The summed E-state index contributed by atoms with van der Waals surface area (Å²) in [6.07, 6.45) is 2.47. The van der Waals surface area contributed by atoms with Crippen molar-refractivity contribution in [3.63, 3.8) is 0 Å². The van der Waals surface area contributed by atoms with Crippen LogP contribution in [0.3, 0.4) is 0 Å². The van der Waals surface area contributed by atoms with Gasteiger partial charge in [0.25, 0.3) is 0 Å². The van der Waals surface area contributed by atoms with Gasteiger partial charge in [0.2, 0.25) is 0 Å². The van der Waals surface area contributed by atoms with E-state index in [4.69, 9.17) is 5.11 Å². The highest BCUT2D eigenvalue weighted by atomic mass is 19.1. The highest BCUT2D eigenvalue weighted by Gasteiger charge is 2.37. The Balaban J connectivity index is 2.08. The first-order valence-corrected chi connectivity index (χ1v) is 6.67. The molecule has 2 rings (SSSR count). The molecular weight excluding hydrogens is 282 g/mol. The van der Waals surface area contributed by atoms with Crippen LogP contribution >= 0.6 is 0 Å². The Kier molecular flexibility index (Phi) is 4.40. The van der Waals surface area contributed by atoms with Gasteiger partial charge in [0.1, 0.15) is 17.3 Å². The number of urea groups is 1. The smallest absolute Gasteiger partial charge is 0.319 e. The summed E-state index contributed by atoms with van der Waals surface area (Å²) in [7, 11) is 0. The van der Waals surface area contributed by atoms with Crippen LogP contribution in [0.1, 0.15) is 32.1 Å². The number of hydrogen-bond donors (Lipinski definition) is 3. The molecule has 0 heterocycles. The van der Waals surface area contributed by atoms with E-state index in [2.05, 4.69) is 10.6 Å². The van der Waals surface area contributed by atoms with Crippen LogP contribution in [-0.4, -0.2) is 22.6 Å². The molecule has 1 fully saturated rings. The zero-order chi connectivity index (χ0) is 15.5. The van der Waals surface area contributed by atoms with Crippen molar-refractivity contribution in [2.75, 3.05) is 5.32 Å². The number of anilines is 1. The fraction of sp³-hybridized carbons (Fsp3) is 0.429. The quantitative estimate of drug-likeness (QED) is 0.799. The Morgan fingerprint density at radius 1 is 1.19 bits per heavy atom. The summed E-state index contributed by atoms with van der Waals surface area (Å²) in [5.41, 5.74) is -1.39. The average molecular weight is 298 g/mol. The van der Waals surface area contributed by atoms with Gasteiger partial charge in [-0.25, -0.2) is 13.6 Å². The Morgan fingerprint density at radius 3 is 2.29 bits per heavy atom. The Morgan fingerprint density at radius 2 is 1.76 bits per heavy atom. The van der Waals surface area contributed by atoms with Crippen molar-refractivity contribution in [3.05, 3.63) is 29.8 Å². The highest BCUT2D eigenvalue weighted by Crippen LogP contribution is 2.32. The topological polar surface area (TPSA) is 78.4 Å². The molecule has 7 heteroatoms. The van der Waals surface area contributed by atoms with Gasteiger partial charge in [-0.3, -0.25) is 4.79 Å². The fourth-order valence-corrected chi connectivity index (χ4v) is 2.69. The molecular formula is C14H16F2N2O3. The number of carbonyl (C=O) groups is 2. The van der Waals surface area contributed by atoms with Crippen LogP contribution in [0.2, 0.25) is 0 Å². The van der Waals surface area contributed by atoms with E-state index in [0.29, 0.717) is 12.8 Å². The molecule has 21 heavy (non-hydrogen) atoms. The summed E-state index contributed by atoms with van der Waals surface area (Å²) in [4.78, 5) is 22.8. The predicted molar refractivity (Wildman–Crippen MR) is 72.0 cm³/mol. The number of benzene rings is 1. The zero-order valence-electron chi connectivity index (χ0n) is 11.3. The molecule has 0 aliphatic heterocycles. The molecule has 0 aromatic heterocycles. The highest BCUT2D eigenvalue weighted by molar-refractivity contribution is 5.90. The Bertz CT molecular complexity index is 537. The molecule has 1 aromatic rings. The third-order valence-electron chi connectivity index (χ3n) is 3.63. The number of halogens is 2. The van der Waals surface area contributed by atoms with E-state index in [9.17, 15) is 18.4 Å². The number of amides is 2. The number of para-hydroxylation sites is 1. The standard InChI is InChI=1S/C14H16F2N2O3/c15-9-4-3-5-10(16)12(9)17-13(21)18-14(8-11(19)20)6-1-2-7-14/h3-5H,1-2,6-8H2,(H,19,20)(H2,17,18,21). The maximum Gasteiger partial charge on any atom is 0.319 e. The number of rotatable bonds is 4. The zero-order valence-corrected chi connectivity index (χ0v) is 11.3. The van der Waals surface area contributed by atoms with Crippen LogP contribution in [0.5, 0.6) is 0 Å².